The standard InChI is InChI=1S/C31H37FN2O2/c1-4-6-25-17-22(7-12-27(25)23-8-10-26(32)11-9-23)19-34-20-31(21-34)18-28(33-36-31)24-13-15-30(3,16-14-24)29(35)5-2/h7-12,17,24,35H,2,4,6,13-16,18-21H2,1,3H3. The fourth-order valence-corrected chi connectivity index (χ4v) is 6.25. The fraction of sp³-hybridized carbons (Fsp3) is 0.484. The first-order valence-corrected chi connectivity index (χ1v) is 13.3. The molecule has 2 heterocycles. The van der Waals surface area contributed by atoms with Crippen LogP contribution in [0.1, 0.15) is 63.5 Å². The molecule has 0 amide bonds. The molecule has 0 unspecified atom stereocenters. The third-order valence-corrected chi connectivity index (χ3v) is 8.43. The number of hydrogen-bond acceptors (Lipinski definition) is 4. The maximum absolute atomic E-state index is 13.4. The van der Waals surface area contributed by atoms with E-state index in [-0.39, 0.29) is 16.8 Å². The average Bonchev–Trinajstić information content (AvgIpc) is 3.30. The van der Waals surface area contributed by atoms with Gasteiger partial charge in [-0.05, 0) is 66.5 Å². The van der Waals surface area contributed by atoms with E-state index in [0.29, 0.717) is 11.7 Å². The van der Waals surface area contributed by atoms with E-state index < -0.39 is 0 Å². The van der Waals surface area contributed by atoms with Crippen LogP contribution in [0.2, 0.25) is 0 Å². The predicted molar refractivity (Wildman–Crippen MR) is 142 cm³/mol. The quantitative estimate of drug-likeness (QED) is 0.331. The molecule has 190 valence electrons. The molecule has 1 aliphatic carbocycles. The van der Waals surface area contributed by atoms with Crippen molar-refractivity contribution in [1.29, 1.82) is 0 Å². The Hall–Kier alpha value is -2.88. The Morgan fingerprint density at radius 1 is 1.19 bits per heavy atom. The Morgan fingerprint density at radius 2 is 1.92 bits per heavy atom. The molecule has 0 atom stereocenters. The largest absolute Gasteiger partial charge is 0.504 e. The summed E-state index contributed by atoms with van der Waals surface area (Å²) >= 11 is 0. The Kier molecular flexibility index (Phi) is 6.80. The maximum atomic E-state index is 13.4. The lowest BCUT2D eigenvalue weighted by Gasteiger charge is -2.45. The van der Waals surface area contributed by atoms with Crippen LogP contribution in [0, 0.1) is 17.2 Å². The molecule has 1 saturated heterocycles. The van der Waals surface area contributed by atoms with Crippen molar-refractivity contribution in [2.75, 3.05) is 13.1 Å². The van der Waals surface area contributed by atoms with E-state index in [1.54, 1.807) is 0 Å². The van der Waals surface area contributed by atoms with Crippen molar-refractivity contribution in [3.8, 4) is 11.1 Å². The molecule has 0 bridgehead atoms. The average molecular weight is 489 g/mol. The van der Waals surface area contributed by atoms with Crippen molar-refractivity contribution in [2.45, 2.75) is 70.9 Å². The van der Waals surface area contributed by atoms with E-state index in [1.165, 1.54) is 34.5 Å². The number of nitrogens with zero attached hydrogens (tertiary/aromatic N) is 2. The number of allylic oxidation sites excluding steroid dienone is 1. The zero-order valence-electron chi connectivity index (χ0n) is 21.5. The zero-order valence-corrected chi connectivity index (χ0v) is 21.5. The molecule has 5 rings (SSSR count). The summed E-state index contributed by atoms with van der Waals surface area (Å²) in [4.78, 5) is 8.45. The van der Waals surface area contributed by atoms with Gasteiger partial charge in [0, 0.05) is 37.4 Å². The van der Waals surface area contributed by atoms with E-state index in [4.69, 9.17) is 4.84 Å². The van der Waals surface area contributed by atoms with Crippen molar-refractivity contribution in [1.82, 2.24) is 4.90 Å². The molecule has 2 aromatic rings. The molecule has 5 heteroatoms. The van der Waals surface area contributed by atoms with Crippen LogP contribution >= 0.6 is 0 Å². The number of likely N-dealkylation sites (tertiary alicyclic amines) is 1. The van der Waals surface area contributed by atoms with Gasteiger partial charge >= 0.3 is 0 Å². The van der Waals surface area contributed by atoms with Crippen LogP contribution < -0.4 is 0 Å². The van der Waals surface area contributed by atoms with Gasteiger partial charge in [-0.25, -0.2) is 4.39 Å². The minimum absolute atomic E-state index is 0.167. The molecule has 0 aromatic heterocycles. The molecule has 36 heavy (non-hydrogen) atoms. The van der Waals surface area contributed by atoms with Crippen molar-refractivity contribution in [2.24, 2.45) is 16.5 Å². The SMILES string of the molecule is C=C=C(O)C1(C)CCC(C2=NOC3(C2)CN(Cc2ccc(-c4ccc(F)cc4)c(CCC)c2)C3)CC1. The topological polar surface area (TPSA) is 45.1 Å². The lowest BCUT2D eigenvalue weighted by atomic mass is 9.68. The number of hydrogen-bond donors (Lipinski definition) is 1. The van der Waals surface area contributed by atoms with Gasteiger partial charge in [-0.2, -0.15) is 0 Å². The highest BCUT2D eigenvalue weighted by Gasteiger charge is 2.51. The second-order valence-electron chi connectivity index (χ2n) is 11.3. The van der Waals surface area contributed by atoms with E-state index in [9.17, 15) is 9.50 Å². The summed E-state index contributed by atoms with van der Waals surface area (Å²) in [5.41, 5.74) is 8.41. The van der Waals surface area contributed by atoms with Crippen LogP contribution in [-0.4, -0.2) is 34.4 Å². The highest BCUT2D eigenvalue weighted by molar-refractivity contribution is 5.88. The summed E-state index contributed by atoms with van der Waals surface area (Å²) in [5.74, 6) is 0.538. The number of aryl methyl sites for hydroxylation is 1. The van der Waals surface area contributed by atoms with Crippen molar-refractivity contribution < 1.29 is 14.3 Å². The Labute approximate surface area is 214 Å². The molecule has 1 N–H and O–H groups in total. The van der Waals surface area contributed by atoms with Crippen LogP contribution in [-0.2, 0) is 17.8 Å². The molecule has 1 saturated carbocycles. The molecule has 2 fully saturated rings. The molecular weight excluding hydrogens is 451 g/mol. The Morgan fingerprint density at radius 3 is 2.58 bits per heavy atom. The van der Waals surface area contributed by atoms with Gasteiger partial charge in [0.1, 0.15) is 11.6 Å². The van der Waals surface area contributed by atoms with Gasteiger partial charge in [0.05, 0.1) is 5.71 Å². The Balaban J connectivity index is 1.17. The summed E-state index contributed by atoms with van der Waals surface area (Å²) in [7, 11) is 0. The molecule has 3 aliphatic rings. The molecule has 1 spiro atoms. The van der Waals surface area contributed by atoms with Crippen LogP contribution in [0.5, 0.6) is 0 Å². The van der Waals surface area contributed by atoms with Crippen LogP contribution in [0.25, 0.3) is 11.1 Å². The van der Waals surface area contributed by atoms with Crippen LogP contribution in [0.3, 0.4) is 0 Å². The van der Waals surface area contributed by atoms with E-state index in [0.717, 1.165) is 70.1 Å². The lowest BCUT2D eigenvalue weighted by Crippen LogP contribution is -2.61. The Bertz CT molecular complexity index is 1180. The fourth-order valence-electron chi connectivity index (χ4n) is 6.25. The lowest BCUT2D eigenvalue weighted by molar-refractivity contribution is -0.128. The molecule has 2 aromatic carbocycles. The third-order valence-electron chi connectivity index (χ3n) is 8.43. The first kappa shape index (κ1) is 24.8. The van der Waals surface area contributed by atoms with Gasteiger partial charge in [0.15, 0.2) is 5.60 Å². The summed E-state index contributed by atoms with van der Waals surface area (Å²) in [6.45, 7) is 10.6. The van der Waals surface area contributed by atoms with Crippen LogP contribution in [0.4, 0.5) is 4.39 Å². The molecule has 0 radical (unpaired) electrons. The normalized spacial score (nSPS) is 25.1. The number of halogens is 1. The number of aliphatic hydroxyl groups excluding tert-OH is 1. The first-order valence-electron chi connectivity index (χ1n) is 13.3. The predicted octanol–water partition coefficient (Wildman–Crippen LogP) is 7.20. The molecule has 4 nitrogen and oxygen atoms in total. The van der Waals surface area contributed by atoms with E-state index >= 15 is 0 Å². The summed E-state index contributed by atoms with van der Waals surface area (Å²) in [6, 6.07) is 13.5. The highest BCUT2D eigenvalue weighted by atomic mass is 19.1. The molecule has 2 aliphatic heterocycles. The third kappa shape index (κ3) is 4.87. The smallest absolute Gasteiger partial charge is 0.168 e. The summed E-state index contributed by atoms with van der Waals surface area (Å²) < 4.78 is 13.4. The monoisotopic (exact) mass is 488 g/mol. The van der Waals surface area contributed by atoms with Gasteiger partial charge in [-0.3, -0.25) is 4.90 Å². The van der Waals surface area contributed by atoms with Gasteiger partial charge < -0.3 is 9.94 Å². The minimum atomic E-state index is -0.202. The van der Waals surface area contributed by atoms with Crippen molar-refractivity contribution >= 4 is 5.71 Å². The minimum Gasteiger partial charge on any atom is -0.504 e. The zero-order chi connectivity index (χ0) is 25.3. The number of aliphatic hydroxyl groups is 1. The molecular formula is C31H37FN2O2. The highest BCUT2D eigenvalue weighted by Crippen LogP contribution is 2.46. The second kappa shape index (κ2) is 9.88. The number of benzene rings is 2. The van der Waals surface area contributed by atoms with Crippen molar-refractivity contribution in [3.05, 3.63) is 77.5 Å². The van der Waals surface area contributed by atoms with Gasteiger partial charge in [0.2, 0.25) is 0 Å². The second-order valence-corrected chi connectivity index (χ2v) is 11.3. The summed E-state index contributed by atoms with van der Waals surface area (Å²) in [6.07, 6.45) is 6.89. The number of rotatable bonds is 7. The van der Waals surface area contributed by atoms with Crippen LogP contribution in [0.15, 0.2) is 65.7 Å². The maximum Gasteiger partial charge on any atom is 0.168 e. The first-order chi connectivity index (χ1) is 17.3. The van der Waals surface area contributed by atoms with E-state index in [1.807, 2.05) is 12.1 Å². The van der Waals surface area contributed by atoms with Gasteiger partial charge in [-0.15, -0.1) is 0 Å². The van der Waals surface area contributed by atoms with Gasteiger partial charge in [-0.1, -0.05) is 68.1 Å². The van der Waals surface area contributed by atoms with Crippen molar-refractivity contribution in [3.63, 3.8) is 0 Å². The number of oxime groups is 1. The summed E-state index contributed by atoms with van der Waals surface area (Å²) in [5, 5.41) is 14.7. The van der Waals surface area contributed by atoms with E-state index in [2.05, 4.69) is 54.4 Å². The van der Waals surface area contributed by atoms with Gasteiger partial charge in [0.25, 0.3) is 0 Å².